The number of hydrogen-bond donors (Lipinski definition) is 1. The molecular weight excluding hydrogens is 260 g/mol. The maximum absolute atomic E-state index is 11.9. The second-order valence-electron chi connectivity index (χ2n) is 4.09. The van der Waals surface area contributed by atoms with E-state index in [2.05, 4.69) is 10.3 Å². The third kappa shape index (κ3) is 3.58. The Morgan fingerprint density at radius 2 is 2.15 bits per heavy atom. The number of pyridine rings is 1. The number of hydrogen-bond acceptors (Lipinski definition) is 5. The lowest BCUT2D eigenvalue weighted by atomic mass is 10.3. The molecule has 0 radical (unpaired) electrons. The molecule has 6 heteroatoms. The van der Waals surface area contributed by atoms with Crippen LogP contribution in [0.2, 0.25) is 0 Å². The van der Waals surface area contributed by atoms with E-state index in [-0.39, 0.29) is 11.7 Å². The van der Waals surface area contributed by atoms with Crippen LogP contribution in [0.25, 0.3) is 0 Å². The van der Waals surface area contributed by atoms with Gasteiger partial charge in [0.2, 0.25) is 5.88 Å². The Kier molecular flexibility index (Phi) is 4.73. The predicted octanol–water partition coefficient (Wildman–Crippen LogP) is 1.76. The molecule has 0 fully saturated rings. The summed E-state index contributed by atoms with van der Waals surface area (Å²) in [5.41, 5.74) is 0.878. The molecule has 2 aromatic rings. The second kappa shape index (κ2) is 6.72. The van der Waals surface area contributed by atoms with Gasteiger partial charge in [-0.2, -0.15) is 0 Å². The maximum Gasteiger partial charge on any atom is 0.287 e. The van der Waals surface area contributed by atoms with E-state index in [1.54, 1.807) is 38.6 Å². The zero-order valence-electron chi connectivity index (χ0n) is 11.4. The molecule has 1 amide bonds. The molecule has 0 unspecified atom stereocenters. The fourth-order valence-electron chi connectivity index (χ4n) is 1.63. The van der Waals surface area contributed by atoms with E-state index in [0.29, 0.717) is 24.8 Å². The summed E-state index contributed by atoms with van der Waals surface area (Å²) in [6.45, 7) is 0.714. The highest BCUT2D eigenvalue weighted by atomic mass is 16.5. The van der Waals surface area contributed by atoms with Crippen molar-refractivity contribution in [2.75, 3.05) is 14.2 Å². The van der Waals surface area contributed by atoms with Gasteiger partial charge >= 0.3 is 0 Å². The second-order valence-corrected chi connectivity index (χ2v) is 4.09. The smallest absolute Gasteiger partial charge is 0.287 e. The van der Waals surface area contributed by atoms with Crippen LogP contribution < -0.4 is 10.1 Å². The number of carbonyl (C=O) groups is 1. The number of furan rings is 1. The van der Waals surface area contributed by atoms with Gasteiger partial charge in [-0.05, 0) is 17.7 Å². The van der Waals surface area contributed by atoms with Crippen LogP contribution in [-0.2, 0) is 17.9 Å². The lowest BCUT2D eigenvalue weighted by Crippen LogP contribution is -2.22. The molecule has 0 atom stereocenters. The van der Waals surface area contributed by atoms with Crippen LogP contribution >= 0.6 is 0 Å². The zero-order valence-corrected chi connectivity index (χ0v) is 11.4. The average molecular weight is 276 g/mol. The summed E-state index contributed by atoms with van der Waals surface area (Å²) >= 11 is 0. The highest BCUT2D eigenvalue weighted by Gasteiger charge is 2.10. The molecule has 2 rings (SSSR count). The molecule has 0 aliphatic heterocycles. The molecule has 1 N–H and O–H groups in total. The number of ether oxygens (including phenoxy) is 2. The van der Waals surface area contributed by atoms with Crippen molar-refractivity contribution in [1.82, 2.24) is 10.3 Å². The maximum atomic E-state index is 11.9. The predicted molar refractivity (Wildman–Crippen MR) is 71.4 cm³/mol. The third-order valence-electron chi connectivity index (χ3n) is 2.63. The Morgan fingerprint density at radius 1 is 1.30 bits per heavy atom. The molecule has 0 aliphatic rings. The van der Waals surface area contributed by atoms with Crippen LogP contribution in [-0.4, -0.2) is 25.1 Å². The van der Waals surface area contributed by atoms with Gasteiger partial charge in [0, 0.05) is 25.9 Å². The first kappa shape index (κ1) is 14.1. The number of amides is 1. The van der Waals surface area contributed by atoms with E-state index in [0.717, 1.165) is 5.56 Å². The van der Waals surface area contributed by atoms with Crippen molar-refractivity contribution >= 4 is 5.91 Å². The number of nitrogens with zero attached hydrogens (tertiary/aromatic N) is 1. The van der Waals surface area contributed by atoms with E-state index in [1.807, 2.05) is 6.07 Å². The van der Waals surface area contributed by atoms with Crippen LogP contribution in [0, 0.1) is 0 Å². The lowest BCUT2D eigenvalue weighted by molar-refractivity contribution is 0.0914. The van der Waals surface area contributed by atoms with Crippen molar-refractivity contribution in [2.24, 2.45) is 0 Å². The van der Waals surface area contributed by atoms with Crippen molar-refractivity contribution < 1.29 is 18.7 Å². The van der Waals surface area contributed by atoms with Crippen molar-refractivity contribution in [2.45, 2.75) is 13.2 Å². The Morgan fingerprint density at radius 3 is 2.80 bits per heavy atom. The number of aromatic nitrogens is 1. The van der Waals surface area contributed by atoms with E-state index in [4.69, 9.17) is 13.9 Å². The molecule has 106 valence electrons. The molecule has 0 aromatic carbocycles. The van der Waals surface area contributed by atoms with Crippen LogP contribution in [0.3, 0.4) is 0 Å². The molecule has 2 aromatic heterocycles. The van der Waals surface area contributed by atoms with Gasteiger partial charge in [-0.15, -0.1) is 0 Å². The van der Waals surface area contributed by atoms with Crippen LogP contribution in [0.4, 0.5) is 0 Å². The molecule has 0 aliphatic carbocycles. The van der Waals surface area contributed by atoms with E-state index in [9.17, 15) is 4.79 Å². The molecule has 2 heterocycles. The number of nitrogens with one attached hydrogen (secondary N) is 1. The average Bonchev–Trinajstić information content (AvgIpc) is 2.94. The van der Waals surface area contributed by atoms with Gasteiger partial charge in [0.05, 0.1) is 7.11 Å². The van der Waals surface area contributed by atoms with Gasteiger partial charge in [0.1, 0.15) is 12.4 Å². The van der Waals surface area contributed by atoms with E-state index < -0.39 is 0 Å². The van der Waals surface area contributed by atoms with E-state index in [1.165, 1.54) is 0 Å². The number of carbonyl (C=O) groups excluding carboxylic acids is 1. The Bertz CT molecular complexity index is 563. The van der Waals surface area contributed by atoms with Gasteiger partial charge in [0.25, 0.3) is 5.91 Å². The van der Waals surface area contributed by atoms with Crippen molar-refractivity contribution in [1.29, 1.82) is 0 Å². The summed E-state index contributed by atoms with van der Waals surface area (Å²) in [4.78, 5) is 15.9. The summed E-state index contributed by atoms with van der Waals surface area (Å²) in [6.07, 6.45) is 1.65. The van der Waals surface area contributed by atoms with Crippen molar-refractivity contribution in [3.05, 3.63) is 47.5 Å². The topological polar surface area (TPSA) is 73.6 Å². The normalized spacial score (nSPS) is 10.3. The summed E-state index contributed by atoms with van der Waals surface area (Å²) in [5.74, 6) is 1.14. The monoisotopic (exact) mass is 276 g/mol. The summed E-state index contributed by atoms with van der Waals surface area (Å²) in [7, 11) is 3.12. The quantitative estimate of drug-likeness (QED) is 0.870. The minimum atomic E-state index is -0.275. The highest BCUT2D eigenvalue weighted by Crippen LogP contribution is 2.10. The molecule has 20 heavy (non-hydrogen) atoms. The minimum Gasteiger partial charge on any atom is -0.481 e. The van der Waals surface area contributed by atoms with Crippen LogP contribution in [0.15, 0.2) is 34.9 Å². The molecular formula is C14H16N2O4. The molecule has 0 bridgehead atoms. The summed E-state index contributed by atoms with van der Waals surface area (Å²) in [5, 5.41) is 2.75. The van der Waals surface area contributed by atoms with Gasteiger partial charge in [-0.1, -0.05) is 6.07 Å². The zero-order chi connectivity index (χ0) is 14.4. The van der Waals surface area contributed by atoms with Crippen molar-refractivity contribution in [3.8, 4) is 5.88 Å². The molecule has 0 saturated carbocycles. The van der Waals surface area contributed by atoms with Crippen LogP contribution in [0.5, 0.6) is 5.88 Å². The Labute approximate surface area is 116 Å². The number of methoxy groups -OCH3 is 2. The largest absolute Gasteiger partial charge is 0.481 e. The summed E-state index contributed by atoms with van der Waals surface area (Å²) < 4.78 is 15.2. The SMILES string of the molecule is COCc1ccc(C(=O)NCc2ccc(OC)nc2)o1. The van der Waals surface area contributed by atoms with Crippen LogP contribution in [0.1, 0.15) is 21.9 Å². The Hall–Kier alpha value is -2.34. The van der Waals surface area contributed by atoms with E-state index >= 15 is 0 Å². The minimum absolute atomic E-state index is 0.263. The standard InChI is InChI=1S/C14H16N2O4/c1-18-9-11-4-5-12(20-11)14(17)16-8-10-3-6-13(19-2)15-7-10/h3-7H,8-9H2,1-2H3,(H,16,17). The Balaban J connectivity index is 1.90. The first-order chi connectivity index (χ1) is 9.72. The lowest BCUT2D eigenvalue weighted by Gasteiger charge is -2.04. The van der Waals surface area contributed by atoms with Gasteiger partial charge < -0.3 is 19.2 Å². The molecule has 6 nitrogen and oxygen atoms in total. The number of rotatable bonds is 6. The first-order valence-corrected chi connectivity index (χ1v) is 6.07. The van der Waals surface area contributed by atoms with Gasteiger partial charge in [-0.25, -0.2) is 4.98 Å². The molecule has 0 spiro atoms. The third-order valence-corrected chi connectivity index (χ3v) is 2.63. The fraction of sp³-hybridized carbons (Fsp3) is 0.286. The van der Waals surface area contributed by atoms with Gasteiger partial charge in [0.15, 0.2) is 5.76 Å². The van der Waals surface area contributed by atoms with Gasteiger partial charge in [-0.3, -0.25) is 4.79 Å². The van der Waals surface area contributed by atoms with Crippen molar-refractivity contribution in [3.63, 3.8) is 0 Å². The highest BCUT2D eigenvalue weighted by molar-refractivity contribution is 5.91. The summed E-state index contributed by atoms with van der Waals surface area (Å²) in [6, 6.07) is 6.92. The fourth-order valence-corrected chi connectivity index (χ4v) is 1.63. The molecule has 0 saturated heterocycles. The first-order valence-electron chi connectivity index (χ1n) is 6.07.